The minimum atomic E-state index is -0.738. The topological polar surface area (TPSA) is 82.6 Å². The summed E-state index contributed by atoms with van der Waals surface area (Å²) in [4.78, 5) is 6.52. The van der Waals surface area contributed by atoms with Gasteiger partial charge in [0.1, 0.15) is 4.99 Å². The Kier molecular flexibility index (Phi) is 3.52. The molecule has 2 atom stereocenters. The van der Waals surface area contributed by atoms with Gasteiger partial charge in [-0.3, -0.25) is 4.98 Å². The Bertz CT molecular complexity index is 482. The molecule has 1 aromatic heterocycles. The van der Waals surface area contributed by atoms with Gasteiger partial charge in [-0.05, 0) is 19.9 Å². The van der Waals surface area contributed by atoms with E-state index >= 15 is 0 Å². The minimum absolute atomic E-state index is 0.283. The first-order valence-electron chi connectivity index (χ1n) is 5.79. The summed E-state index contributed by atoms with van der Waals surface area (Å²) in [5.41, 5.74) is 8.93. The van der Waals surface area contributed by atoms with E-state index in [1.807, 2.05) is 24.8 Å². The SMILES string of the molecule is Cc1cc(N2CC(O)C(O)C2)c(C(N)=S)c(C)n1. The average Bonchev–Trinajstić information content (AvgIpc) is 2.57. The van der Waals surface area contributed by atoms with Crippen LogP contribution in [0.5, 0.6) is 0 Å². The van der Waals surface area contributed by atoms with Crippen molar-refractivity contribution in [2.75, 3.05) is 18.0 Å². The van der Waals surface area contributed by atoms with Gasteiger partial charge in [0.05, 0.1) is 23.5 Å². The summed E-state index contributed by atoms with van der Waals surface area (Å²) in [6.45, 7) is 4.50. The molecule has 0 spiro atoms. The fourth-order valence-electron chi connectivity index (χ4n) is 2.33. The number of nitrogens with two attached hydrogens (primary N) is 1. The van der Waals surface area contributed by atoms with Crippen molar-refractivity contribution in [1.29, 1.82) is 0 Å². The lowest BCUT2D eigenvalue weighted by Crippen LogP contribution is -2.26. The molecule has 2 unspecified atom stereocenters. The number of anilines is 1. The molecule has 5 nitrogen and oxygen atoms in total. The summed E-state index contributed by atoms with van der Waals surface area (Å²) < 4.78 is 0. The van der Waals surface area contributed by atoms with Crippen LogP contribution in [0, 0.1) is 13.8 Å². The van der Waals surface area contributed by atoms with E-state index in [4.69, 9.17) is 18.0 Å². The number of hydrogen-bond acceptors (Lipinski definition) is 5. The first-order chi connectivity index (χ1) is 8.40. The molecular formula is C12H17N3O2S. The number of nitrogens with zero attached hydrogens (tertiary/aromatic N) is 2. The maximum Gasteiger partial charge on any atom is 0.107 e. The summed E-state index contributed by atoms with van der Waals surface area (Å²) in [6, 6.07) is 1.88. The first kappa shape index (κ1) is 13.2. The maximum absolute atomic E-state index is 9.63. The van der Waals surface area contributed by atoms with Gasteiger partial charge in [0, 0.05) is 24.5 Å². The number of aryl methyl sites for hydroxylation is 2. The highest BCUT2D eigenvalue weighted by atomic mass is 32.1. The molecule has 0 aromatic carbocycles. The standard InChI is InChI=1S/C12H17N3O2S/c1-6-3-8(11(12(13)18)7(2)14-6)15-4-9(16)10(17)5-15/h3,9-10,16-17H,4-5H2,1-2H3,(H2,13,18). The molecule has 18 heavy (non-hydrogen) atoms. The number of β-amino-alcohol motifs (C(OH)–C–C–N with tert-alkyl or cyclic N) is 2. The van der Waals surface area contributed by atoms with Gasteiger partial charge in [0.15, 0.2) is 0 Å². The monoisotopic (exact) mass is 267 g/mol. The number of aliphatic hydroxyl groups excluding tert-OH is 2. The Hall–Kier alpha value is -1.24. The van der Waals surface area contributed by atoms with E-state index in [1.165, 1.54) is 0 Å². The maximum atomic E-state index is 9.63. The van der Waals surface area contributed by atoms with Gasteiger partial charge in [-0.1, -0.05) is 12.2 Å². The first-order valence-corrected chi connectivity index (χ1v) is 6.20. The summed E-state index contributed by atoms with van der Waals surface area (Å²) in [6.07, 6.45) is -1.48. The molecule has 4 N–H and O–H groups in total. The third-order valence-corrected chi connectivity index (χ3v) is 3.36. The lowest BCUT2D eigenvalue weighted by molar-refractivity contribution is 0.0572. The van der Waals surface area contributed by atoms with Crippen molar-refractivity contribution >= 4 is 22.9 Å². The van der Waals surface area contributed by atoms with E-state index in [9.17, 15) is 10.2 Å². The highest BCUT2D eigenvalue weighted by Gasteiger charge is 2.31. The summed E-state index contributed by atoms with van der Waals surface area (Å²) in [5, 5.41) is 19.3. The molecule has 1 aliphatic rings. The molecule has 0 radical (unpaired) electrons. The molecule has 1 saturated heterocycles. The number of thiocarbonyl (C=S) groups is 1. The van der Waals surface area contributed by atoms with Crippen molar-refractivity contribution in [2.45, 2.75) is 26.1 Å². The molecule has 6 heteroatoms. The molecular weight excluding hydrogens is 250 g/mol. The van der Waals surface area contributed by atoms with Gasteiger partial charge in [-0.25, -0.2) is 0 Å². The number of pyridine rings is 1. The Morgan fingerprint density at radius 2 is 1.94 bits per heavy atom. The van der Waals surface area contributed by atoms with Crippen LogP contribution in [0.3, 0.4) is 0 Å². The molecule has 0 saturated carbocycles. The smallest absolute Gasteiger partial charge is 0.107 e. The Balaban J connectivity index is 2.47. The second-order valence-electron chi connectivity index (χ2n) is 4.65. The van der Waals surface area contributed by atoms with Crippen LogP contribution in [0.15, 0.2) is 6.07 Å². The molecule has 1 aliphatic heterocycles. The van der Waals surface area contributed by atoms with Gasteiger partial charge in [0.2, 0.25) is 0 Å². The predicted octanol–water partition coefficient (Wildman–Crippen LogP) is -0.126. The van der Waals surface area contributed by atoms with E-state index in [0.29, 0.717) is 13.1 Å². The highest BCUT2D eigenvalue weighted by molar-refractivity contribution is 7.80. The summed E-state index contributed by atoms with van der Waals surface area (Å²) >= 11 is 5.06. The highest BCUT2D eigenvalue weighted by Crippen LogP contribution is 2.27. The largest absolute Gasteiger partial charge is 0.389 e. The average molecular weight is 267 g/mol. The Morgan fingerprint density at radius 3 is 2.44 bits per heavy atom. The van der Waals surface area contributed by atoms with E-state index in [0.717, 1.165) is 22.6 Å². The number of aromatic nitrogens is 1. The van der Waals surface area contributed by atoms with Crippen molar-refractivity contribution < 1.29 is 10.2 Å². The van der Waals surface area contributed by atoms with Crippen LogP contribution in [-0.2, 0) is 0 Å². The fraction of sp³-hybridized carbons (Fsp3) is 0.500. The van der Waals surface area contributed by atoms with Gasteiger partial charge in [-0.2, -0.15) is 0 Å². The number of rotatable bonds is 2. The predicted molar refractivity (Wildman–Crippen MR) is 73.8 cm³/mol. The number of aliphatic hydroxyl groups is 2. The van der Waals surface area contributed by atoms with Crippen LogP contribution in [0.1, 0.15) is 17.0 Å². The van der Waals surface area contributed by atoms with Crippen molar-refractivity contribution in [2.24, 2.45) is 5.73 Å². The van der Waals surface area contributed by atoms with Crippen molar-refractivity contribution in [3.63, 3.8) is 0 Å². The second kappa shape index (κ2) is 4.79. The molecule has 98 valence electrons. The Morgan fingerprint density at radius 1 is 1.39 bits per heavy atom. The Labute approximate surface area is 111 Å². The zero-order valence-corrected chi connectivity index (χ0v) is 11.2. The quantitative estimate of drug-likeness (QED) is 0.648. The second-order valence-corrected chi connectivity index (χ2v) is 5.09. The van der Waals surface area contributed by atoms with Gasteiger partial charge < -0.3 is 20.8 Å². The van der Waals surface area contributed by atoms with Crippen LogP contribution >= 0.6 is 12.2 Å². The van der Waals surface area contributed by atoms with Crippen LogP contribution in [0.25, 0.3) is 0 Å². The normalized spacial score (nSPS) is 23.4. The van der Waals surface area contributed by atoms with E-state index < -0.39 is 12.2 Å². The van der Waals surface area contributed by atoms with Gasteiger partial charge in [0.25, 0.3) is 0 Å². The summed E-state index contributed by atoms with van der Waals surface area (Å²) in [5.74, 6) is 0. The van der Waals surface area contributed by atoms with Crippen molar-refractivity contribution in [3.05, 3.63) is 23.0 Å². The van der Waals surface area contributed by atoms with Crippen LogP contribution in [0.4, 0.5) is 5.69 Å². The molecule has 1 fully saturated rings. The molecule has 0 amide bonds. The zero-order valence-electron chi connectivity index (χ0n) is 10.4. The summed E-state index contributed by atoms with van der Waals surface area (Å²) in [7, 11) is 0. The van der Waals surface area contributed by atoms with E-state index in [-0.39, 0.29) is 4.99 Å². The molecule has 1 aromatic rings. The van der Waals surface area contributed by atoms with Crippen LogP contribution in [-0.4, -0.2) is 45.5 Å². The van der Waals surface area contributed by atoms with E-state index in [2.05, 4.69) is 4.98 Å². The van der Waals surface area contributed by atoms with Gasteiger partial charge in [-0.15, -0.1) is 0 Å². The third-order valence-electron chi connectivity index (χ3n) is 3.15. The molecule has 2 rings (SSSR count). The lowest BCUT2D eigenvalue weighted by Gasteiger charge is -2.22. The minimum Gasteiger partial charge on any atom is -0.389 e. The lowest BCUT2D eigenvalue weighted by atomic mass is 10.1. The number of hydrogen-bond donors (Lipinski definition) is 3. The van der Waals surface area contributed by atoms with E-state index in [1.54, 1.807) is 0 Å². The molecule has 0 bridgehead atoms. The van der Waals surface area contributed by atoms with Crippen molar-refractivity contribution in [3.8, 4) is 0 Å². The fourth-order valence-corrected chi connectivity index (χ4v) is 2.58. The van der Waals surface area contributed by atoms with Gasteiger partial charge >= 0.3 is 0 Å². The molecule has 2 heterocycles. The van der Waals surface area contributed by atoms with Crippen molar-refractivity contribution in [1.82, 2.24) is 4.98 Å². The van der Waals surface area contributed by atoms with Crippen LogP contribution in [0.2, 0.25) is 0 Å². The van der Waals surface area contributed by atoms with Crippen LogP contribution < -0.4 is 10.6 Å². The third kappa shape index (κ3) is 2.31. The zero-order chi connectivity index (χ0) is 13.4. The molecule has 0 aliphatic carbocycles.